The summed E-state index contributed by atoms with van der Waals surface area (Å²) in [6.45, 7) is 3.67. The topological polar surface area (TPSA) is 69.7 Å². The lowest BCUT2D eigenvalue weighted by molar-refractivity contribution is 0.0628. The largest absolute Gasteiger partial charge is 0.336 e. The quantitative estimate of drug-likeness (QED) is 0.581. The third kappa shape index (κ3) is 5.46. The van der Waals surface area contributed by atoms with Gasteiger partial charge in [0.05, 0.1) is 0 Å². The number of halogens is 1. The molecule has 9 heteroatoms. The highest BCUT2D eigenvalue weighted by molar-refractivity contribution is 7.94. The number of carbonyl (C=O) groups excluding carboxylic acids is 1. The standard InChI is InChI=1S/C22H22ClN3O3S2/c23-19-4-1-3-17(15-19)16-25-10-12-26(13-11-25)22(27)18-6-8-20(9-7-18)24-31(28,29)21-5-2-14-30-21/h1-9,14-15,24H,10-13,16H2. The predicted octanol–water partition coefficient (Wildman–Crippen LogP) is 4.16. The fourth-order valence-electron chi connectivity index (χ4n) is 3.49. The van der Waals surface area contributed by atoms with Crippen molar-refractivity contribution in [3.63, 3.8) is 0 Å². The van der Waals surface area contributed by atoms with Crippen molar-refractivity contribution in [1.29, 1.82) is 0 Å². The van der Waals surface area contributed by atoms with Crippen molar-refractivity contribution in [1.82, 2.24) is 9.80 Å². The maximum absolute atomic E-state index is 12.8. The molecule has 1 aliphatic heterocycles. The zero-order valence-electron chi connectivity index (χ0n) is 16.7. The second-order valence-electron chi connectivity index (χ2n) is 7.31. The summed E-state index contributed by atoms with van der Waals surface area (Å²) in [6, 6.07) is 17.6. The molecule has 2 heterocycles. The molecule has 0 saturated carbocycles. The Kier molecular flexibility index (Phi) is 6.62. The molecule has 3 aromatic rings. The normalized spacial score (nSPS) is 15.1. The Bertz CT molecular complexity index is 1140. The molecule has 1 N–H and O–H groups in total. The van der Waals surface area contributed by atoms with Crippen LogP contribution in [-0.2, 0) is 16.6 Å². The zero-order chi connectivity index (χ0) is 21.8. The molecule has 0 atom stereocenters. The minimum Gasteiger partial charge on any atom is -0.336 e. The molecule has 1 fully saturated rings. The summed E-state index contributed by atoms with van der Waals surface area (Å²) in [7, 11) is -3.60. The van der Waals surface area contributed by atoms with Gasteiger partial charge in [0.15, 0.2) is 0 Å². The smallest absolute Gasteiger partial charge is 0.271 e. The highest BCUT2D eigenvalue weighted by atomic mass is 35.5. The number of nitrogens with zero attached hydrogens (tertiary/aromatic N) is 2. The van der Waals surface area contributed by atoms with E-state index in [4.69, 9.17) is 11.6 Å². The summed E-state index contributed by atoms with van der Waals surface area (Å²) in [5.41, 5.74) is 2.13. The van der Waals surface area contributed by atoms with E-state index in [2.05, 4.69) is 15.7 Å². The van der Waals surface area contributed by atoms with Crippen LogP contribution in [0, 0.1) is 0 Å². The van der Waals surface area contributed by atoms with E-state index in [0.29, 0.717) is 24.3 Å². The minimum atomic E-state index is -3.60. The first-order valence-electron chi connectivity index (χ1n) is 9.83. The first kappa shape index (κ1) is 21.8. The van der Waals surface area contributed by atoms with Crippen LogP contribution in [0.1, 0.15) is 15.9 Å². The van der Waals surface area contributed by atoms with Crippen molar-refractivity contribution in [3.05, 3.63) is 82.2 Å². The summed E-state index contributed by atoms with van der Waals surface area (Å²) in [5.74, 6) is -0.0462. The summed E-state index contributed by atoms with van der Waals surface area (Å²) in [5, 5.41) is 2.44. The van der Waals surface area contributed by atoms with Gasteiger partial charge in [0.1, 0.15) is 4.21 Å². The van der Waals surface area contributed by atoms with Crippen molar-refractivity contribution in [2.75, 3.05) is 30.9 Å². The van der Waals surface area contributed by atoms with Gasteiger partial charge in [-0.05, 0) is 53.4 Å². The summed E-state index contributed by atoms with van der Waals surface area (Å²) < 4.78 is 27.4. The summed E-state index contributed by atoms with van der Waals surface area (Å²) in [6.07, 6.45) is 0. The van der Waals surface area contributed by atoms with E-state index < -0.39 is 10.0 Å². The molecule has 0 bridgehead atoms. The number of piperazine rings is 1. The maximum Gasteiger partial charge on any atom is 0.271 e. The van der Waals surface area contributed by atoms with Crippen molar-refractivity contribution >= 4 is 44.6 Å². The number of carbonyl (C=O) groups is 1. The van der Waals surface area contributed by atoms with Gasteiger partial charge in [0.25, 0.3) is 15.9 Å². The molecule has 1 aliphatic rings. The lowest BCUT2D eigenvalue weighted by Crippen LogP contribution is -2.48. The van der Waals surface area contributed by atoms with E-state index >= 15 is 0 Å². The first-order valence-corrected chi connectivity index (χ1v) is 12.6. The van der Waals surface area contributed by atoms with Crippen molar-refractivity contribution in [3.8, 4) is 0 Å². The van der Waals surface area contributed by atoms with Gasteiger partial charge in [0.2, 0.25) is 0 Å². The van der Waals surface area contributed by atoms with Gasteiger partial charge in [-0.25, -0.2) is 8.42 Å². The highest BCUT2D eigenvalue weighted by Gasteiger charge is 2.22. The number of rotatable bonds is 6. The van der Waals surface area contributed by atoms with Crippen LogP contribution in [0.4, 0.5) is 5.69 Å². The Labute approximate surface area is 191 Å². The zero-order valence-corrected chi connectivity index (χ0v) is 19.1. The first-order chi connectivity index (χ1) is 14.9. The maximum atomic E-state index is 12.8. The molecular formula is C22H22ClN3O3S2. The van der Waals surface area contributed by atoms with Gasteiger partial charge in [-0.15, -0.1) is 11.3 Å². The summed E-state index contributed by atoms with van der Waals surface area (Å²) in [4.78, 5) is 17.0. The van der Waals surface area contributed by atoms with E-state index in [0.717, 1.165) is 41.6 Å². The average Bonchev–Trinajstić information content (AvgIpc) is 3.30. The minimum absolute atomic E-state index is 0.0462. The van der Waals surface area contributed by atoms with Gasteiger partial charge in [0, 0.05) is 49.0 Å². The lowest BCUT2D eigenvalue weighted by atomic mass is 10.1. The van der Waals surface area contributed by atoms with Gasteiger partial charge >= 0.3 is 0 Å². The third-order valence-electron chi connectivity index (χ3n) is 5.10. The number of nitrogens with one attached hydrogen (secondary N) is 1. The molecule has 4 rings (SSSR count). The van der Waals surface area contributed by atoms with Crippen LogP contribution < -0.4 is 4.72 Å². The molecule has 162 valence electrons. The van der Waals surface area contributed by atoms with E-state index in [1.165, 1.54) is 0 Å². The van der Waals surface area contributed by atoms with E-state index in [1.807, 2.05) is 23.1 Å². The Balaban J connectivity index is 1.33. The summed E-state index contributed by atoms with van der Waals surface area (Å²) >= 11 is 7.21. The van der Waals surface area contributed by atoms with Crippen molar-refractivity contribution in [2.24, 2.45) is 0 Å². The molecule has 2 aromatic carbocycles. The number of amides is 1. The van der Waals surface area contributed by atoms with Crippen LogP contribution in [0.5, 0.6) is 0 Å². The molecular weight excluding hydrogens is 454 g/mol. The predicted molar refractivity (Wildman–Crippen MR) is 124 cm³/mol. The molecule has 1 aromatic heterocycles. The number of hydrogen-bond donors (Lipinski definition) is 1. The molecule has 6 nitrogen and oxygen atoms in total. The fraction of sp³-hybridized carbons (Fsp3) is 0.227. The molecule has 0 radical (unpaired) electrons. The van der Waals surface area contributed by atoms with E-state index in [1.54, 1.807) is 41.8 Å². The van der Waals surface area contributed by atoms with Gasteiger partial charge < -0.3 is 4.90 Å². The number of anilines is 1. The van der Waals surface area contributed by atoms with Gasteiger partial charge in [-0.1, -0.05) is 29.8 Å². The number of benzene rings is 2. The van der Waals surface area contributed by atoms with Crippen LogP contribution in [0.2, 0.25) is 5.02 Å². The Morgan fingerprint density at radius 3 is 2.39 bits per heavy atom. The Morgan fingerprint density at radius 2 is 1.74 bits per heavy atom. The van der Waals surface area contributed by atoms with Crippen LogP contribution in [0.25, 0.3) is 0 Å². The Hall–Kier alpha value is -2.39. The van der Waals surface area contributed by atoms with E-state index in [-0.39, 0.29) is 10.1 Å². The molecule has 0 unspecified atom stereocenters. The van der Waals surface area contributed by atoms with Gasteiger partial charge in [-0.3, -0.25) is 14.4 Å². The molecule has 0 aliphatic carbocycles. The van der Waals surface area contributed by atoms with Crippen molar-refractivity contribution < 1.29 is 13.2 Å². The van der Waals surface area contributed by atoms with Crippen LogP contribution in [0.15, 0.2) is 70.3 Å². The van der Waals surface area contributed by atoms with E-state index in [9.17, 15) is 13.2 Å². The monoisotopic (exact) mass is 475 g/mol. The van der Waals surface area contributed by atoms with Crippen molar-refractivity contribution in [2.45, 2.75) is 10.8 Å². The number of thiophene rings is 1. The molecule has 31 heavy (non-hydrogen) atoms. The number of hydrogen-bond acceptors (Lipinski definition) is 5. The third-order valence-corrected chi connectivity index (χ3v) is 8.11. The molecule has 1 saturated heterocycles. The van der Waals surface area contributed by atoms with Crippen LogP contribution in [0.3, 0.4) is 0 Å². The lowest BCUT2D eigenvalue weighted by Gasteiger charge is -2.34. The van der Waals surface area contributed by atoms with Crippen LogP contribution in [-0.4, -0.2) is 50.3 Å². The highest BCUT2D eigenvalue weighted by Crippen LogP contribution is 2.21. The molecule has 1 amide bonds. The average molecular weight is 476 g/mol. The Morgan fingerprint density at radius 1 is 1.00 bits per heavy atom. The second-order valence-corrected chi connectivity index (χ2v) is 10.6. The SMILES string of the molecule is O=C(c1ccc(NS(=O)(=O)c2cccs2)cc1)N1CCN(Cc2cccc(Cl)c2)CC1. The number of sulfonamides is 1. The van der Waals surface area contributed by atoms with Crippen LogP contribution >= 0.6 is 22.9 Å². The van der Waals surface area contributed by atoms with Gasteiger partial charge in [-0.2, -0.15) is 0 Å². The second kappa shape index (κ2) is 9.40. The molecule has 0 spiro atoms. The fourth-order valence-corrected chi connectivity index (χ4v) is 5.75.